The third-order valence-electron chi connectivity index (χ3n) is 1.61. The molecule has 2 N–H and O–H groups in total. The normalized spacial score (nSPS) is 10.6. The van der Waals surface area contributed by atoms with E-state index in [0.29, 0.717) is 12.6 Å². The van der Waals surface area contributed by atoms with Gasteiger partial charge in [0.25, 0.3) is 0 Å². The lowest BCUT2D eigenvalue weighted by Crippen LogP contribution is -2.09. The lowest BCUT2D eigenvalue weighted by molar-refractivity contribution is 0.125. The molecule has 0 unspecified atom stereocenters. The molecular formula is C9H10F3NO. The molecule has 0 aliphatic heterocycles. The molecule has 0 bridgehead atoms. The minimum atomic E-state index is -1.20. The van der Waals surface area contributed by atoms with Gasteiger partial charge < -0.3 is 10.5 Å². The summed E-state index contributed by atoms with van der Waals surface area (Å²) in [6.45, 7) is 0.434. The van der Waals surface area contributed by atoms with Crippen LogP contribution in [0.1, 0.15) is 5.56 Å². The molecule has 1 rings (SSSR count). The molecule has 14 heavy (non-hydrogen) atoms. The van der Waals surface area contributed by atoms with Crippen LogP contribution >= 0.6 is 0 Å². The van der Waals surface area contributed by atoms with Crippen molar-refractivity contribution in [3.63, 3.8) is 0 Å². The highest BCUT2D eigenvalue weighted by Crippen LogP contribution is 2.14. The standard InChI is InChI=1S/C9H10F3NO/c10-7-4-9(12)8(11)3-6(7)5-14-2-1-13/h3-4H,1-2,5,13H2. The van der Waals surface area contributed by atoms with Gasteiger partial charge >= 0.3 is 0 Å². The first-order valence-corrected chi connectivity index (χ1v) is 4.06. The maximum atomic E-state index is 12.9. The predicted octanol–water partition coefficient (Wildman–Crippen LogP) is 1.58. The third kappa shape index (κ3) is 2.71. The molecule has 0 saturated carbocycles. The molecule has 0 saturated heterocycles. The van der Waals surface area contributed by atoms with Crippen molar-refractivity contribution in [2.45, 2.75) is 6.61 Å². The zero-order valence-electron chi connectivity index (χ0n) is 7.40. The molecule has 0 amide bonds. The van der Waals surface area contributed by atoms with Gasteiger partial charge in [0.2, 0.25) is 0 Å². The largest absolute Gasteiger partial charge is 0.375 e. The van der Waals surface area contributed by atoms with E-state index in [9.17, 15) is 13.2 Å². The highest BCUT2D eigenvalue weighted by molar-refractivity contribution is 5.19. The van der Waals surface area contributed by atoms with Gasteiger partial charge in [-0.1, -0.05) is 0 Å². The van der Waals surface area contributed by atoms with Crippen molar-refractivity contribution in [3.05, 3.63) is 35.1 Å². The van der Waals surface area contributed by atoms with Gasteiger partial charge in [-0.25, -0.2) is 13.2 Å². The Bertz CT molecular complexity index is 317. The van der Waals surface area contributed by atoms with Gasteiger partial charge in [-0.3, -0.25) is 0 Å². The van der Waals surface area contributed by atoms with Crippen LogP contribution in [-0.4, -0.2) is 13.2 Å². The predicted molar refractivity (Wildman–Crippen MR) is 45.0 cm³/mol. The average molecular weight is 205 g/mol. The Balaban J connectivity index is 2.72. The Morgan fingerprint density at radius 3 is 2.36 bits per heavy atom. The number of ether oxygens (including phenoxy) is 1. The Kier molecular flexibility index (Phi) is 3.91. The summed E-state index contributed by atoms with van der Waals surface area (Å²) in [4.78, 5) is 0. The molecule has 0 aliphatic carbocycles. The molecule has 0 heterocycles. The van der Waals surface area contributed by atoms with E-state index in [0.717, 1.165) is 6.07 Å². The summed E-state index contributed by atoms with van der Waals surface area (Å²) in [6, 6.07) is 1.28. The number of benzene rings is 1. The number of halogens is 3. The van der Waals surface area contributed by atoms with Crippen molar-refractivity contribution in [1.29, 1.82) is 0 Å². The molecule has 0 aromatic heterocycles. The van der Waals surface area contributed by atoms with Gasteiger partial charge in [0, 0.05) is 18.2 Å². The van der Waals surface area contributed by atoms with Crippen molar-refractivity contribution < 1.29 is 17.9 Å². The molecule has 5 heteroatoms. The topological polar surface area (TPSA) is 35.2 Å². The van der Waals surface area contributed by atoms with E-state index >= 15 is 0 Å². The first-order chi connectivity index (χ1) is 6.65. The molecule has 2 nitrogen and oxygen atoms in total. The van der Waals surface area contributed by atoms with Crippen LogP contribution in [0.4, 0.5) is 13.2 Å². The monoisotopic (exact) mass is 205 g/mol. The van der Waals surface area contributed by atoms with E-state index in [1.54, 1.807) is 0 Å². The van der Waals surface area contributed by atoms with E-state index in [1.807, 2.05) is 0 Å². The van der Waals surface area contributed by atoms with Gasteiger partial charge in [-0.15, -0.1) is 0 Å². The molecule has 78 valence electrons. The fraction of sp³-hybridized carbons (Fsp3) is 0.333. The zero-order valence-corrected chi connectivity index (χ0v) is 7.40. The smallest absolute Gasteiger partial charge is 0.161 e. The lowest BCUT2D eigenvalue weighted by Gasteiger charge is -2.04. The Labute approximate surface area is 79.5 Å². The first-order valence-electron chi connectivity index (χ1n) is 4.06. The highest BCUT2D eigenvalue weighted by Gasteiger charge is 2.09. The number of nitrogens with two attached hydrogens (primary N) is 1. The van der Waals surface area contributed by atoms with Crippen LogP contribution in [0.25, 0.3) is 0 Å². The maximum absolute atomic E-state index is 12.9. The summed E-state index contributed by atoms with van der Waals surface area (Å²) in [5.74, 6) is -3.11. The lowest BCUT2D eigenvalue weighted by atomic mass is 10.2. The molecular weight excluding hydrogens is 195 g/mol. The second kappa shape index (κ2) is 4.97. The van der Waals surface area contributed by atoms with Crippen molar-refractivity contribution in [1.82, 2.24) is 0 Å². The average Bonchev–Trinajstić information content (AvgIpc) is 2.14. The molecule has 0 aliphatic rings. The van der Waals surface area contributed by atoms with E-state index in [2.05, 4.69) is 0 Å². The number of hydrogen-bond donors (Lipinski definition) is 1. The summed E-state index contributed by atoms with van der Waals surface area (Å²) in [6.07, 6.45) is 0. The second-order valence-corrected chi connectivity index (χ2v) is 2.70. The summed E-state index contributed by atoms with van der Waals surface area (Å²) >= 11 is 0. The Morgan fingerprint density at radius 2 is 1.71 bits per heavy atom. The van der Waals surface area contributed by atoms with Crippen molar-refractivity contribution in [3.8, 4) is 0 Å². The first kappa shape index (κ1) is 11.0. The molecule has 1 aromatic carbocycles. The Hall–Kier alpha value is -1.07. The minimum Gasteiger partial charge on any atom is -0.375 e. The van der Waals surface area contributed by atoms with Crippen LogP contribution in [0, 0.1) is 17.5 Å². The summed E-state index contributed by atoms with van der Waals surface area (Å²) < 4.78 is 42.9. The van der Waals surface area contributed by atoms with Gasteiger partial charge in [0.15, 0.2) is 11.6 Å². The summed E-state index contributed by atoms with van der Waals surface area (Å²) in [5.41, 5.74) is 5.12. The molecule has 1 aromatic rings. The van der Waals surface area contributed by atoms with Crippen LogP contribution < -0.4 is 5.73 Å². The zero-order chi connectivity index (χ0) is 10.6. The van der Waals surface area contributed by atoms with Crippen LogP contribution in [0.5, 0.6) is 0 Å². The fourth-order valence-corrected chi connectivity index (χ4v) is 0.940. The van der Waals surface area contributed by atoms with Crippen LogP contribution in [0.2, 0.25) is 0 Å². The molecule has 0 radical (unpaired) electrons. The van der Waals surface area contributed by atoms with Gasteiger partial charge in [-0.05, 0) is 6.07 Å². The fourth-order valence-electron chi connectivity index (χ4n) is 0.940. The van der Waals surface area contributed by atoms with Crippen LogP contribution in [-0.2, 0) is 11.3 Å². The quantitative estimate of drug-likeness (QED) is 0.598. The van der Waals surface area contributed by atoms with Crippen LogP contribution in [0.15, 0.2) is 12.1 Å². The van der Waals surface area contributed by atoms with E-state index in [1.165, 1.54) is 0 Å². The Morgan fingerprint density at radius 1 is 1.07 bits per heavy atom. The minimum absolute atomic E-state index is 0.0163. The van der Waals surface area contributed by atoms with Gasteiger partial charge in [0.1, 0.15) is 5.82 Å². The summed E-state index contributed by atoms with van der Waals surface area (Å²) in [5, 5.41) is 0. The van der Waals surface area contributed by atoms with Gasteiger partial charge in [0.05, 0.1) is 13.2 Å². The van der Waals surface area contributed by atoms with Crippen LogP contribution in [0.3, 0.4) is 0 Å². The highest BCUT2D eigenvalue weighted by atomic mass is 19.2. The number of hydrogen-bond acceptors (Lipinski definition) is 2. The van der Waals surface area contributed by atoms with E-state index < -0.39 is 17.5 Å². The van der Waals surface area contributed by atoms with Crippen molar-refractivity contribution in [2.24, 2.45) is 5.73 Å². The number of rotatable bonds is 4. The van der Waals surface area contributed by atoms with Crippen molar-refractivity contribution >= 4 is 0 Å². The second-order valence-electron chi connectivity index (χ2n) is 2.70. The maximum Gasteiger partial charge on any atom is 0.161 e. The molecule has 0 spiro atoms. The van der Waals surface area contributed by atoms with Gasteiger partial charge in [-0.2, -0.15) is 0 Å². The summed E-state index contributed by atoms with van der Waals surface area (Å²) in [7, 11) is 0. The molecule has 0 fully saturated rings. The van der Waals surface area contributed by atoms with Crippen molar-refractivity contribution in [2.75, 3.05) is 13.2 Å². The third-order valence-corrected chi connectivity index (χ3v) is 1.61. The SMILES string of the molecule is NCCOCc1cc(F)c(F)cc1F. The molecule has 0 atom stereocenters. The van der Waals surface area contributed by atoms with E-state index in [-0.39, 0.29) is 18.8 Å². The van der Waals surface area contributed by atoms with E-state index in [4.69, 9.17) is 10.5 Å².